The summed E-state index contributed by atoms with van der Waals surface area (Å²) in [6.07, 6.45) is 8.67. The molecule has 0 aliphatic heterocycles. The van der Waals surface area contributed by atoms with Gasteiger partial charge in [0, 0.05) is 6.04 Å². The monoisotopic (exact) mass is 141 g/mol. The lowest BCUT2D eigenvalue weighted by atomic mass is 10.1. The third-order valence-corrected chi connectivity index (χ3v) is 2.55. The van der Waals surface area contributed by atoms with Gasteiger partial charge in [-0.15, -0.1) is 0 Å². The summed E-state index contributed by atoms with van der Waals surface area (Å²) in [5.41, 5.74) is 0. The van der Waals surface area contributed by atoms with Crippen molar-refractivity contribution >= 4 is 0 Å². The predicted molar refractivity (Wildman–Crippen MR) is 45.2 cm³/mol. The molecule has 1 aliphatic carbocycles. The van der Waals surface area contributed by atoms with Crippen molar-refractivity contribution in [3.8, 4) is 0 Å². The molecule has 0 N–H and O–H groups in total. The van der Waals surface area contributed by atoms with Gasteiger partial charge in [-0.2, -0.15) is 0 Å². The van der Waals surface area contributed by atoms with Crippen LogP contribution in [0.5, 0.6) is 0 Å². The Hall–Kier alpha value is -0.0400. The van der Waals surface area contributed by atoms with Gasteiger partial charge in [0.25, 0.3) is 0 Å². The smallest absolute Gasteiger partial charge is 0.00891 e. The Morgan fingerprint density at radius 2 is 1.40 bits per heavy atom. The van der Waals surface area contributed by atoms with Crippen LogP contribution in [0, 0.1) is 0 Å². The van der Waals surface area contributed by atoms with E-state index in [1.54, 1.807) is 0 Å². The summed E-state index contributed by atoms with van der Waals surface area (Å²) in [6, 6.07) is 0.877. The molecule has 0 radical (unpaired) electrons. The highest BCUT2D eigenvalue weighted by atomic mass is 15.1. The first-order chi connectivity index (χ1) is 4.80. The van der Waals surface area contributed by atoms with Crippen LogP contribution in [-0.4, -0.2) is 25.0 Å². The van der Waals surface area contributed by atoms with E-state index in [2.05, 4.69) is 19.0 Å². The first-order valence-electron chi connectivity index (χ1n) is 4.47. The van der Waals surface area contributed by atoms with E-state index in [1.807, 2.05) is 0 Å². The molecule has 1 aliphatic rings. The van der Waals surface area contributed by atoms with Crippen LogP contribution in [0.4, 0.5) is 0 Å². The summed E-state index contributed by atoms with van der Waals surface area (Å²) in [4.78, 5) is 2.38. The van der Waals surface area contributed by atoms with Crippen LogP contribution in [0.2, 0.25) is 0 Å². The molecule has 0 spiro atoms. The summed E-state index contributed by atoms with van der Waals surface area (Å²) in [5.74, 6) is 0. The summed E-state index contributed by atoms with van der Waals surface area (Å²) in [5, 5.41) is 0. The normalized spacial score (nSPS) is 23.1. The van der Waals surface area contributed by atoms with Crippen LogP contribution in [0.15, 0.2) is 0 Å². The van der Waals surface area contributed by atoms with E-state index in [0.717, 1.165) is 6.04 Å². The van der Waals surface area contributed by atoms with Crippen LogP contribution < -0.4 is 0 Å². The van der Waals surface area contributed by atoms with Gasteiger partial charge in [-0.25, -0.2) is 0 Å². The van der Waals surface area contributed by atoms with Gasteiger partial charge in [0.1, 0.15) is 0 Å². The van der Waals surface area contributed by atoms with Crippen molar-refractivity contribution < 1.29 is 0 Å². The molecular formula is C9H19N. The molecule has 0 amide bonds. The zero-order chi connectivity index (χ0) is 7.40. The highest BCUT2D eigenvalue weighted by Crippen LogP contribution is 2.19. The molecule has 10 heavy (non-hydrogen) atoms. The summed E-state index contributed by atoms with van der Waals surface area (Å²) in [7, 11) is 4.41. The predicted octanol–water partition coefficient (Wildman–Crippen LogP) is 2.27. The largest absolute Gasteiger partial charge is 0.306 e. The molecular weight excluding hydrogens is 122 g/mol. The second-order valence-electron chi connectivity index (χ2n) is 3.61. The van der Waals surface area contributed by atoms with Gasteiger partial charge in [-0.3, -0.25) is 0 Å². The summed E-state index contributed by atoms with van der Waals surface area (Å²) < 4.78 is 0. The summed E-state index contributed by atoms with van der Waals surface area (Å²) in [6.45, 7) is 0. The van der Waals surface area contributed by atoms with Gasteiger partial charge in [-0.1, -0.05) is 25.7 Å². The maximum atomic E-state index is 2.38. The van der Waals surface area contributed by atoms with Crippen LogP contribution >= 0.6 is 0 Å². The van der Waals surface area contributed by atoms with Gasteiger partial charge in [0.05, 0.1) is 0 Å². The van der Waals surface area contributed by atoms with E-state index in [4.69, 9.17) is 0 Å². The fourth-order valence-electron chi connectivity index (χ4n) is 1.77. The average molecular weight is 141 g/mol. The van der Waals surface area contributed by atoms with Crippen molar-refractivity contribution in [1.29, 1.82) is 0 Å². The Morgan fingerprint density at radius 1 is 0.900 bits per heavy atom. The number of hydrogen-bond acceptors (Lipinski definition) is 1. The molecule has 60 valence electrons. The van der Waals surface area contributed by atoms with Gasteiger partial charge in [-0.05, 0) is 26.9 Å². The molecule has 1 nitrogen and oxygen atoms in total. The van der Waals surface area contributed by atoms with Crippen LogP contribution in [0.1, 0.15) is 38.5 Å². The lowest BCUT2D eigenvalue weighted by molar-refractivity contribution is 0.267. The molecule has 0 atom stereocenters. The molecule has 0 aromatic rings. The van der Waals surface area contributed by atoms with Gasteiger partial charge < -0.3 is 4.90 Å². The van der Waals surface area contributed by atoms with Crippen molar-refractivity contribution in [1.82, 2.24) is 4.90 Å². The fourth-order valence-corrected chi connectivity index (χ4v) is 1.77. The second-order valence-corrected chi connectivity index (χ2v) is 3.61. The van der Waals surface area contributed by atoms with E-state index >= 15 is 0 Å². The van der Waals surface area contributed by atoms with Crippen LogP contribution in [0.3, 0.4) is 0 Å². The van der Waals surface area contributed by atoms with E-state index in [9.17, 15) is 0 Å². The maximum Gasteiger partial charge on any atom is 0.00891 e. The third kappa shape index (κ3) is 2.30. The first-order valence-corrected chi connectivity index (χ1v) is 4.47. The Bertz CT molecular complexity index is 80.7. The number of nitrogens with zero attached hydrogens (tertiary/aromatic N) is 1. The minimum absolute atomic E-state index is 0.877. The highest BCUT2D eigenvalue weighted by molar-refractivity contribution is 4.69. The molecule has 0 bridgehead atoms. The quantitative estimate of drug-likeness (QED) is 0.506. The van der Waals surface area contributed by atoms with Crippen molar-refractivity contribution in [2.24, 2.45) is 0 Å². The maximum absolute atomic E-state index is 2.38. The molecule has 1 saturated carbocycles. The minimum Gasteiger partial charge on any atom is -0.306 e. The zero-order valence-electron chi connectivity index (χ0n) is 7.27. The molecule has 1 heteroatoms. The Kier molecular flexibility index (Phi) is 3.20. The fraction of sp³-hybridized carbons (Fsp3) is 1.00. The van der Waals surface area contributed by atoms with E-state index in [-0.39, 0.29) is 0 Å². The lowest BCUT2D eigenvalue weighted by Crippen LogP contribution is -2.26. The number of rotatable bonds is 1. The summed E-state index contributed by atoms with van der Waals surface area (Å²) >= 11 is 0. The van der Waals surface area contributed by atoms with Gasteiger partial charge in [0.2, 0.25) is 0 Å². The molecule has 0 aromatic heterocycles. The SMILES string of the molecule is CN(C)C1CCCCCC1. The lowest BCUT2D eigenvalue weighted by Gasteiger charge is -2.21. The first kappa shape index (κ1) is 8.06. The molecule has 0 unspecified atom stereocenters. The third-order valence-electron chi connectivity index (χ3n) is 2.55. The van der Waals surface area contributed by atoms with E-state index in [0.29, 0.717) is 0 Å². The van der Waals surface area contributed by atoms with E-state index < -0.39 is 0 Å². The molecule has 0 heterocycles. The van der Waals surface area contributed by atoms with E-state index in [1.165, 1.54) is 38.5 Å². The van der Waals surface area contributed by atoms with Crippen molar-refractivity contribution in [2.45, 2.75) is 44.6 Å². The molecule has 1 rings (SSSR count). The van der Waals surface area contributed by atoms with Crippen molar-refractivity contribution in [3.63, 3.8) is 0 Å². The Labute approximate surface area is 64.4 Å². The van der Waals surface area contributed by atoms with Crippen LogP contribution in [-0.2, 0) is 0 Å². The van der Waals surface area contributed by atoms with Gasteiger partial charge >= 0.3 is 0 Å². The second kappa shape index (κ2) is 3.97. The van der Waals surface area contributed by atoms with Crippen molar-refractivity contribution in [3.05, 3.63) is 0 Å². The molecule has 1 fully saturated rings. The van der Waals surface area contributed by atoms with Crippen LogP contribution in [0.25, 0.3) is 0 Å². The van der Waals surface area contributed by atoms with Gasteiger partial charge in [0.15, 0.2) is 0 Å². The van der Waals surface area contributed by atoms with Crippen molar-refractivity contribution in [2.75, 3.05) is 14.1 Å². The molecule has 0 saturated heterocycles. The minimum atomic E-state index is 0.877. The molecule has 0 aromatic carbocycles. The average Bonchev–Trinajstić information content (AvgIpc) is 2.12. The topological polar surface area (TPSA) is 3.24 Å². The number of hydrogen-bond donors (Lipinski definition) is 0. The highest BCUT2D eigenvalue weighted by Gasteiger charge is 2.12. The zero-order valence-corrected chi connectivity index (χ0v) is 7.27. The standard InChI is InChI=1S/C9H19N/c1-10(2)9-7-5-3-4-6-8-9/h9H,3-8H2,1-2H3. The Balaban J connectivity index is 2.28. The Morgan fingerprint density at radius 3 is 1.80 bits per heavy atom.